The number of alkyl halides is 2. The third-order valence-corrected chi connectivity index (χ3v) is 2.40. The monoisotopic (exact) mass is 164 g/mol. The lowest BCUT2D eigenvalue weighted by Crippen LogP contribution is -2.45. The van der Waals surface area contributed by atoms with E-state index in [2.05, 4.69) is 0 Å². The summed E-state index contributed by atoms with van der Waals surface area (Å²) in [6, 6.07) is 0. The number of aliphatic hydroxyl groups is 1. The number of rotatable bonds is 1. The van der Waals surface area contributed by atoms with Crippen LogP contribution in [0.1, 0.15) is 19.8 Å². The Bertz CT molecular complexity index is 177. The Morgan fingerprint density at radius 1 is 1.64 bits per heavy atom. The predicted molar refractivity (Wildman–Crippen MR) is 34.4 cm³/mol. The van der Waals surface area contributed by atoms with Gasteiger partial charge in [0.1, 0.15) is 11.9 Å². The van der Waals surface area contributed by atoms with Crippen molar-refractivity contribution in [3.05, 3.63) is 0 Å². The lowest BCUT2D eigenvalue weighted by Gasteiger charge is -2.27. The Hall–Kier alpha value is -0.510. The maximum absolute atomic E-state index is 12.8. The minimum atomic E-state index is -3.11. The van der Waals surface area contributed by atoms with Gasteiger partial charge >= 0.3 is 0 Å². The summed E-state index contributed by atoms with van der Waals surface area (Å²) >= 11 is 0. The van der Waals surface area contributed by atoms with Crippen LogP contribution < -0.4 is 0 Å². The lowest BCUT2D eigenvalue weighted by atomic mass is 9.92. The SMILES string of the molecule is C[C@@]1(O)[C@H](C=O)CCC1(F)F. The van der Waals surface area contributed by atoms with Crippen LogP contribution in [0.15, 0.2) is 0 Å². The summed E-state index contributed by atoms with van der Waals surface area (Å²) in [5, 5.41) is 9.20. The number of hydrogen-bond acceptors (Lipinski definition) is 2. The van der Waals surface area contributed by atoms with Crippen molar-refractivity contribution >= 4 is 6.29 Å². The van der Waals surface area contributed by atoms with E-state index in [0.29, 0.717) is 6.29 Å². The van der Waals surface area contributed by atoms with Gasteiger partial charge in [0.15, 0.2) is 0 Å². The molecular formula is C7H10F2O2. The molecule has 0 spiro atoms. The fourth-order valence-electron chi connectivity index (χ4n) is 1.34. The first-order valence-corrected chi connectivity index (χ1v) is 3.47. The van der Waals surface area contributed by atoms with Crippen LogP contribution in [-0.4, -0.2) is 22.9 Å². The molecule has 0 aromatic carbocycles. The van der Waals surface area contributed by atoms with Crippen LogP contribution in [0.2, 0.25) is 0 Å². The molecule has 1 aliphatic rings. The van der Waals surface area contributed by atoms with E-state index in [4.69, 9.17) is 0 Å². The molecule has 1 rings (SSSR count). The molecule has 1 saturated carbocycles. The summed E-state index contributed by atoms with van der Waals surface area (Å²) < 4.78 is 25.5. The van der Waals surface area contributed by atoms with Crippen LogP contribution >= 0.6 is 0 Å². The smallest absolute Gasteiger partial charge is 0.276 e. The highest BCUT2D eigenvalue weighted by molar-refractivity contribution is 5.57. The Labute approximate surface area is 63.2 Å². The first kappa shape index (κ1) is 8.59. The third kappa shape index (κ3) is 1.05. The van der Waals surface area contributed by atoms with Gasteiger partial charge in [-0.15, -0.1) is 0 Å². The highest BCUT2D eigenvalue weighted by atomic mass is 19.3. The number of carbonyl (C=O) groups is 1. The Morgan fingerprint density at radius 3 is 2.36 bits per heavy atom. The quantitative estimate of drug-likeness (QED) is 0.586. The van der Waals surface area contributed by atoms with Gasteiger partial charge < -0.3 is 9.90 Å². The number of halogens is 2. The Morgan fingerprint density at radius 2 is 2.18 bits per heavy atom. The fourth-order valence-corrected chi connectivity index (χ4v) is 1.34. The van der Waals surface area contributed by atoms with Crippen LogP contribution in [0.4, 0.5) is 8.78 Å². The molecule has 11 heavy (non-hydrogen) atoms. The molecule has 2 nitrogen and oxygen atoms in total. The van der Waals surface area contributed by atoms with Crippen LogP contribution in [0.3, 0.4) is 0 Å². The average Bonchev–Trinajstić information content (AvgIpc) is 2.05. The molecule has 1 N–H and O–H groups in total. The van der Waals surface area contributed by atoms with E-state index in [1.807, 2.05) is 0 Å². The van der Waals surface area contributed by atoms with Crippen molar-refractivity contribution in [3.63, 3.8) is 0 Å². The van der Waals surface area contributed by atoms with E-state index < -0.39 is 23.9 Å². The Balaban J connectivity index is 2.89. The van der Waals surface area contributed by atoms with Crippen molar-refractivity contribution in [1.29, 1.82) is 0 Å². The molecule has 0 aromatic rings. The van der Waals surface area contributed by atoms with Gasteiger partial charge in [-0.3, -0.25) is 0 Å². The van der Waals surface area contributed by atoms with Crippen molar-refractivity contribution in [1.82, 2.24) is 0 Å². The molecule has 1 aliphatic carbocycles. The zero-order chi connectivity index (χ0) is 8.70. The number of aldehydes is 1. The largest absolute Gasteiger partial charge is 0.383 e. The van der Waals surface area contributed by atoms with Gasteiger partial charge in [0.25, 0.3) is 5.92 Å². The molecule has 0 saturated heterocycles. The van der Waals surface area contributed by atoms with Gasteiger partial charge in [0.05, 0.1) is 0 Å². The molecule has 0 bridgehead atoms. The third-order valence-electron chi connectivity index (χ3n) is 2.40. The molecule has 1 fully saturated rings. The first-order valence-electron chi connectivity index (χ1n) is 3.47. The van der Waals surface area contributed by atoms with Gasteiger partial charge in [-0.1, -0.05) is 0 Å². The first-order chi connectivity index (χ1) is 4.92. The molecular weight excluding hydrogens is 154 g/mol. The van der Waals surface area contributed by atoms with Crippen molar-refractivity contribution in [2.24, 2.45) is 5.92 Å². The van der Waals surface area contributed by atoms with E-state index >= 15 is 0 Å². The molecule has 0 aliphatic heterocycles. The predicted octanol–water partition coefficient (Wildman–Crippen LogP) is 0.982. The van der Waals surface area contributed by atoms with Crippen molar-refractivity contribution in [3.8, 4) is 0 Å². The van der Waals surface area contributed by atoms with Crippen molar-refractivity contribution < 1.29 is 18.7 Å². The van der Waals surface area contributed by atoms with Gasteiger partial charge in [-0.25, -0.2) is 8.78 Å². The molecule has 2 atom stereocenters. The van der Waals surface area contributed by atoms with E-state index in [0.717, 1.165) is 6.92 Å². The molecule has 4 heteroatoms. The topological polar surface area (TPSA) is 37.3 Å². The molecule has 0 amide bonds. The van der Waals surface area contributed by atoms with Gasteiger partial charge in [0, 0.05) is 12.3 Å². The van der Waals surface area contributed by atoms with E-state index in [9.17, 15) is 18.7 Å². The summed E-state index contributed by atoms with van der Waals surface area (Å²) in [4.78, 5) is 10.2. The van der Waals surface area contributed by atoms with Crippen molar-refractivity contribution in [2.75, 3.05) is 0 Å². The summed E-state index contributed by atoms with van der Waals surface area (Å²) in [6.45, 7) is 1.01. The normalized spacial score (nSPS) is 42.4. The molecule has 0 aromatic heterocycles. The summed E-state index contributed by atoms with van der Waals surface area (Å²) in [5.41, 5.74) is -2.14. The van der Waals surface area contributed by atoms with Crippen LogP contribution in [0.5, 0.6) is 0 Å². The standard InChI is InChI=1S/C7H10F2O2/c1-6(11)5(4-10)2-3-7(6,8)9/h4-5,11H,2-3H2,1H3/t5-,6+/m0/s1. The maximum atomic E-state index is 12.8. The molecule has 0 unspecified atom stereocenters. The highest BCUT2D eigenvalue weighted by Crippen LogP contribution is 2.46. The minimum absolute atomic E-state index is 0.0729. The molecule has 0 heterocycles. The van der Waals surface area contributed by atoms with E-state index in [-0.39, 0.29) is 6.42 Å². The minimum Gasteiger partial charge on any atom is -0.383 e. The second-order valence-corrected chi connectivity index (χ2v) is 3.13. The second-order valence-electron chi connectivity index (χ2n) is 3.13. The van der Waals surface area contributed by atoms with Crippen molar-refractivity contribution in [2.45, 2.75) is 31.3 Å². The summed E-state index contributed by atoms with van der Waals surface area (Å²) in [5.74, 6) is -4.03. The van der Waals surface area contributed by atoms with Gasteiger partial charge in [-0.2, -0.15) is 0 Å². The van der Waals surface area contributed by atoms with Gasteiger partial charge in [-0.05, 0) is 13.3 Å². The fraction of sp³-hybridized carbons (Fsp3) is 0.857. The van der Waals surface area contributed by atoms with E-state index in [1.54, 1.807) is 0 Å². The second kappa shape index (κ2) is 2.24. The zero-order valence-electron chi connectivity index (χ0n) is 6.18. The average molecular weight is 164 g/mol. The van der Waals surface area contributed by atoms with Gasteiger partial charge in [0.2, 0.25) is 0 Å². The van der Waals surface area contributed by atoms with Crippen LogP contribution in [0.25, 0.3) is 0 Å². The van der Waals surface area contributed by atoms with Crippen LogP contribution in [-0.2, 0) is 4.79 Å². The number of hydrogen-bond donors (Lipinski definition) is 1. The Kier molecular flexibility index (Phi) is 1.75. The maximum Gasteiger partial charge on any atom is 0.276 e. The van der Waals surface area contributed by atoms with Crippen LogP contribution in [0, 0.1) is 5.92 Å². The zero-order valence-corrected chi connectivity index (χ0v) is 6.18. The lowest BCUT2D eigenvalue weighted by molar-refractivity contribution is -0.167. The van der Waals surface area contributed by atoms with E-state index in [1.165, 1.54) is 0 Å². The highest BCUT2D eigenvalue weighted by Gasteiger charge is 2.58. The molecule has 0 radical (unpaired) electrons. The summed E-state index contributed by atoms with van der Waals surface area (Å²) in [6.07, 6.45) is 0.0772. The number of carbonyl (C=O) groups excluding carboxylic acids is 1. The summed E-state index contributed by atoms with van der Waals surface area (Å²) in [7, 11) is 0. The molecule has 64 valence electrons.